The Hall–Kier alpha value is -2.34. The van der Waals surface area contributed by atoms with Crippen LogP contribution in [0, 0.1) is 0 Å². The van der Waals surface area contributed by atoms with E-state index in [0.717, 1.165) is 0 Å². The zero-order valence-electron chi connectivity index (χ0n) is 10.8. The van der Waals surface area contributed by atoms with Gasteiger partial charge in [-0.1, -0.05) is 11.6 Å². The molecule has 6 nitrogen and oxygen atoms in total. The molecule has 0 spiro atoms. The second-order valence-corrected chi connectivity index (χ2v) is 4.27. The first-order valence-corrected chi connectivity index (χ1v) is 6.32. The third kappa shape index (κ3) is 3.36. The number of nitrogens with zero attached hydrogens (tertiary/aromatic N) is 2. The van der Waals surface area contributed by atoms with Gasteiger partial charge in [-0.05, 0) is 31.2 Å². The Balaban J connectivity index is 2.20. The lowest BCUT2D eigenvalue weighted by Crippen LogP contribution is -2.10. The molecule has 0 radical (unpaired) electrons. The van der Waals surface area contributed by atoms with E-state index >= 15 is 0 Å². The maximum Gasteiger partial charge on any atom is 0.248 e. The first-order valence-electron chi connectivity index (χ1n) is 5.94. The molecule has 20 heavy (non-hydrogen) atoms. The Labute approximate surface area is 120 Å². The average Bonchev–Trinajstić information content (AvgIpc) is 2.43. The summed E-state index contributed by atoms with van der Waals surface area (Å²) >= 11 is 5.98. The second-order valence-electron chi connectivity index (χ2n) is 3.87. The Bertz CT molecular complexity index is 616. The van der Waals surface area contributed by atoms with Gasteiger partial charge < -0.3 is 15.8 Å². The number of primary amides is 1. The molecule has 104 valence electrons. The van der Waals surface area contributed by atoms with E-state index in [0.29, 0.717) is 28.8 Å². The van der Waals surface area contributed by atoms with Crippen molar-refractivity contribution < 1.29 is 9.53 Å². The quantitative estimate of drug-likeness (QED) is 0.883. The van der Waals surface area contributed by atoms with E-state index in [2.05, 4.69) is 15.3 Å². The van der Waals surface area contributed by atoms with Crippen LogP contribution >= 0.6 is 11.6 Å². The van der Waals surface area contributed by atoms with Crippen LogP contribution in [0.1, 0.15) is 17.3 Å². The minimum Gasteiger partial charge on any atom is -0.437 e. The van der Waals surface area contributed by atoms with Gasteiger partial charge in [0.2, 0.25) is 17.7 Å². The van der Waals surface area contributed by atoms with E-state index in [9.17, 15) is 4.79 Å². The topological polar surface area (TPSA) is 90.1 Å². The monoisotopic (exact) mass is 292 g/mol. The number of benzene rings is 1. The van der Waals surface area contributed by atoms with Crippen LogP contribution in [0.15, 0.2) is 30.5 Å². The molecule has 3 N–H and O–H groups in total. The summed E-state index contributed by atoms with van der Waals surface area (Å²) in [6.07, 6.45) is 1.46. The Kier molecular flexibility index (Phi) is 4.37. The van der Waals surface area contributed by atoms with Gasteiger partial charge in [0, 0.05) is 12.1 Å². The maximum absolute atomic E-state index is 11.0. The number of carbonyl (C=O) groups is 1. The molecule has 0 saturated heterocycles. The summed E-state index contributed by atoms with van der Waals surface area (Å²) in [4.78, 5) is 19.1. The summed E-state index contributed by atoms with van der Waals surface area (Å²) in [6.45, 7) is 2.62. The van der Waals surface area contributed by atoms with Gasteiger partial charge in [0.1, 0.15) is 10.8 Å². The fourth-order valence-electron chi connectivity index (χ4n) is 1.47. The number of carbonyl (C=O) groups excluding carboxylic acids is 1. The van der Waals surface area contributed by atoms with Crippen molar-refractivity contribution in [2.75, 3.05) is 11.9 Å². The van der Waals surface area contributed by atoms with Gasteiger partial charge in [0.25, 0.3) is 0 Å². The first-order chi connectivity index (χ1) is 9.60. The molecule has 2 rings (SSSR count). The van der Waals surface area contributed by atoms with E-state index in [4.69, 9.17) is 22.1 Å². The van der Waals surface area contributed by atoms with Crippen LogP contribution in [-0.4, -0.2) is 22.4 Å². The van der Waals surface area contributed by atoms with Crippen LogP contribution in [-0.2, 0) is 0 Å². The van der Waals surface area contributed by atoms with E-state index in [1.807, 2.05) is 6.92 Å². The summed E-state index contributed by atoms with van der Waals surface area (Å²) in [7, 11) is 0. The van der Waals surface area contributed by atoms with E-state index < -0.39 is 5.91 Å². The molecular weight excluding hydrogens is 280 g/mol. The van der Waals surface area contributed by atoms with Crippen molar-refractivity contribution in [1.29, 1.82) is 0 Å². The molecule has 2 aromatic rings. The predicted octanol–water partition coefficient (Wildman–Crippen LogP) is 2.45. The van der Waals surface area contributed by atoms with Gasteiger partial charge in [-0.3, -0.25) is 4.79 Å². The van der Waals surface area contributed by atoms with Gasteiger partial charge in [-0.2, -0.15) is 4.98 Å². The standard InChI is InChI=1S/C13H13ClN4O2/c1-2-16-13-17-7-10(14)12(18-13)20-9-5-3-8(4-6-9)11(15)19/h3-7H,2H2,1H3,(H2,15,19)(H,16,17,18). The molecule has 7 heteroatoms. The van der Waals surface area contributed by atoms with Crippen molar-refractivity contribution >= 4 is 23.5 Å². The summed E-state index contributed by atoms with van der Waals surface area (Å²) in [5, 5.41) is 3.26. The lowest BCUT2D eigenvalue weighted by atomic mass is 10.2. The van der Waals surface area contributed by atoms with Gasteiger partial charge in [-0.15, -0.1) is 0 Å². The van der Waals surface area contributed by atoms with Crippen LogP contribution in [0.4, 0.5) is 5.95 Å². The second kappa shape index (κ2) is 6.21. The van der Waals surface area contributed by atoms with E-state index in [1.165, 1.54) is 6.20 Å². The minimum atomic E-state index is -0.494. The summed E-state index contributed by atoms with van der Waals surface area (Å²) in [6, 6.07) is 6.37. The normalized spacial score (nSPS) is 10.1. The van der Waals surface area contributed by atoms with Crippen molar-refractivity contribution in [2.24, 2.45) is 5.73 Å². The van der Waals surface area contributed by atoms with Crippen LogP contribution in [0.3, 0.4) is 0 Å². The lowest BCUT2D eigenvalue weighted by molar-refractivity contribution is 0.100. The zero-order chi connectivity index (χ0) is 14.5. The Morgan fingerprint density at radius 2 is 2.10 bits per heavy atom. The van der Waals surface area contributed by atoms with Gasteiger partial charge in [-0.25, -0.2) is 4.98 Å². The van der Waals surface area contributed by atoms with Crippen LogP contribution < -0.4 is 15.8 Å². The fourth-order valence-corrected chi connectivity index (χ4v) is 1.59. The maximum atomic E-state index is 11.0. The van der Waals surface area contributed by atoms with Crippen molar-refractivity contribution in [3.05, 3.63) is 41.0 Å². The SMILES string of the molecule is CCNc1ncc(Cl)c(Oc2ccc(C(N)=O)cc2)n1. The molecule has 0 unspecified atom stereocenters. The number of hydrogen-bond donors (Lipinski definition) is 2. The highest BCUT2D eigenvalue weighted by Crippen LogP contribution is 2.27. The number of rotatable bonds is 5. The molecule has 1 heterocycles. The molecule has 1 aromatic carbocycles. The van der Waals surface area contributed by atoms with E-state index in [-0.39, 0.29) is 5.88 Å². The molecule has 0 atom stereocenters. The number of halogens is 1. The number of nitrogens with one attached hydrogen (secondary N) is 1. The minimum absolute atomic E-state index is 0.240. The first kappa shape index (κ1) is 14.1. The third-order valence-corrected chi connectivity index (χ3v) is 2.66. The predicted molar refractivity (Wildman–Crippen MR) is 76.2 cm³/mol. The number of ether oxygens (including phenoxy) is 1. The molecule has 0 aliphatic rings. The number of amides is 1. The molecule has 1 amide bonds. The summed E-state index contributed by atoms with van der Waals surface area (Å²) in [5.41, 5.74) is 5.57. The molecule has 0 aliphatic heterocycles. The van der Waals surface area contributed by atoms with Crippen LogP contribution in [0.5, 0.6) is 11.6 Å². The highest BCUT2D eigenvalue weighted by atomic mass is 35.5. The zero-order valence-corrected chi connectivity index (χ0v) is 11.5. The smallest absolute Gasteiger partial charge is 0.248 e. The number of anilines is 1. The van der Waals surface area contributed by atoms with Gasteiger partial charge in [0.05, 0.1) is 6.20 Å². The summed E-state index contributed by atoms with van der Waals surface area (Å²) in [5.74, 6) is 0.675. The lowest BCUT2D eigenvalue weighted by Gasteiger charge is -2.08. The van der Waals surface area contributed by atoms with Gasteiger partial charge in [0.15, 0.2) is 0 Å². The molecule has 0 aliphatic carbocycles. The van der Waals surface area contributed by atoms with Crippen LogP contribution in [0.25, 0.3) is 0 Å². The van der Waals surface area contributed by atoms with Crippen LogP contribution in [0.2, 0.25) is 5.02 Å². The summed E-state index contributed by atoms with van der Waals surface area (Å²) < 4.78 is 5.56. The number of aromatic nitrogens is 2. The molecule has 1 aromatic heterocycles. The number of nitrogens with two attached hydrogens (primary N) is 1. The Morgan fingerprint density at radius 1 is 1.40 bits per heavy atom. The highest BCUT2D eigenvalue weighted by Gasteiger charge is 2.08. The van der Waals surface area contributed by atoms with Crippen molar-refractivity contribution in [3.63, 3.8) is 0 Å². The molecule has 0 fully saturated rings. The van der Waals surface area contributed by atoms with Crippen molar-refractivity contribution in [2.45, 2.75) is 6.92 Å². The van der Waals surface area contributed by atoms with Crippen molar-refractivity contribution in [1.82, 2.24) is 9.97 Å². The molecule has 0 saturated carbocycles. The highest BCUT2D eigenvalue weighted by molar-refractivity contribution is 6.31. The fraction of sp³-hybridized carbons (Fsp3) is 0.154. The molecule has 0 bridgehead atoms. The van der Waals surface area contributed by atoms with Gasteiger partial charge >= 0.3 is 0 Å². The van der Waals surface area contributed by atoms with Crippen molar-refractivity contribution in [3.8, 4) is 11.6 Å². The Morgan fingerprint density at radius 3 is 2.70 bits per heavy atom. The van der Waals surface area contributed by atoms with E-state index in [1.54, 1.807) is 24.3 Å². The average molecular weight is 293 g/mol. The molecular formula is C13H13ClN4O2. The third-order valence-electron chi connectivity index (χ3n) is 2.40. The largest absolute Gasteiger partial charge is 0.437 e. The number of hydrogen-bond acceptors (Lipinski definition) is 5.